The van der Waals surface area contributed by atoms with Gasteiger partial charge in [-0.05, 0) is 46.6 Å². The first-order valence-electron chi connectivity index (χ1n) is 7.28. The van der Waals surface area contributed by atoms with Crippen molar-refractivity contribution in [3.05, 3.63) is 29.3 Å². The van der Waals surface area contributed by atoms with E-state index in [9.17, 15) is 4.79 Å². The van der Waals surface area contributed by atoms with Crippen molar-refractivity contribution < 1.29 is 4.79 Å². The van der Waals surface area contributed by atoms with Crippen LogP contribution in [0.5, 0.6) is 0 Å². The van der Waals surface area contributed by atoms with E-state index in [0.29, 0.717) is 17.3 Å². The number of carbonyl (C=O) groups is 1. The molecule has 2 N–H and O–H groups in total. The molecule has 0 radical (unpaired) electrons. The van der Waals surface area contributed by atoms with Crippen molar-refractivity contribution in [2.24, 2.45) is 0 Å². The molecule has 0 aromatic carbocycles. The fraction of sp³-hybridized carbons (Fsp3) is 0.533. The predicted molar refractivity (Wildman–Crippen MR) is 80.5 cm³/mol. The van der Waals surface area contributed by atoms with Crippen LogP contribution in [-0.4, -0.2) is 25.9 Å². The topological polar surface area (TPSA) is 75.6 Å². The zero-order chi connectivity index (χ0) is 15.2. The lowest BCUT2D eigenvalue weighted by atomic mass is 10.1. The molecule has 1 amide bonds. The minimum atomic E-state index is -0.190. The molecule has 0 spiro atoms. The third-order valence-electron chi connectivity index (χ3n) is 3.68. The number of hydrogen-bond donors (Lipinski definition) is 2. The monoisotopic (exact) mass is 287 g/mol. The van der Waals surface area contributed by atoms with Crippen LogP contribution in [0.25, 0.3) is 0 Å². The number of aromatic nitrogens is 4. The number of nitrogens with zero attached hydrogens (tertiary/aromatic N) is 3. The first-order valence-corrected chi connectivity index (χ1v) is 7.28. The van der Waals surface area contributed by atoms with E-state index in [1.165, 1.54) is 12.8 Å². The number of rotatable bonds is 3. The van der Waals surface area contributed by atoms with Crippen molar-refractivity contribution in [1.29, 1.82) is 0 Å². The zero-order valence-electron chi connectivity index (χ0n) is 12.9. The molecule has 0 atom stereocenters. The highest BCUT2D eigenvalue weighted by molar-refractivity contribution is 6.03. The van der Waals surface area contributed by atoms with Gasteiger partial charge in [0.2, 0.25) is 0 Å². The van der Waals surface area contributed by atoms with Crippen molar-refractivity contribution >= 4 is 11.6 Å². The summed E-state index contributed by atoms with van der Waals surface area (Å²) >= 11 is 0. The predicted octanol–water partition coefficient (Wildman–Crippen LogP) is 2.80. The summed E-state index contributed by atoms with van der Waals surface area (Å²) in [7, 11) is 0. The SMILES string of the molecule is Cc1[nH]ncc1NC(=O)c1cc(C2CC2)n(C(C)(C)C)n1. The molecule has 21 heavy (non-hydrogen) atoms. The molecule has 3 rings (SSSR count). The summed E-state index contributed by atoms with van der Waals surface area (Å²) in [5, 5.41) is 14.1. The van der Waals surface area contributed by atoms with Crippen molar-refractivity contribution in [1.82, 2.24) is 20.0 Å². The zero-order valence-corrected chi connectivity index (χ0v) is 12.9. The first kappa shape index (κ1) is 13.9. The normalized spacial score (nSPS) is 15.2. The van der Waals surface area contributed by atoms with Gasteiger partial charge >= 0.3 is 0 Å². The summed E-state index contributed by atoms with van der Waals surface area (Å²) in [5.74, 6) is 0.360. The standard InChI is InChI=1S/C15H21N5O/c1-9-12(8-16-18-9)17-14(21)11-7-13(10-5-6-10)20(19-11)15(2,3)4/h7-8,10H,5-6H2,1-4H3,(H,16,18)(H,17,21). The van der Waals surface area contributed by atoms with Crippen molar-refractivity contribution in [2.45, 2.75) is 52.0 Å². The Labute approximate surface area is 123 Å². The van der Waals surface area contributed by atoms with Gasteiger partial charge in [-0.1, -0.05) is 0 Å². The van der Waals surface area contributed by atoms with Gasteiger partial charge in [0.25, 0.3) is 5.91 Å². The van der Waals surface area contributed by atoms with E-state index in [0.717, 1.165) is 11.4 Å². The molecule has 1 saturated carbocycles. The molecule has 1 fully saturated rings. The lowest BCUT2D eigenvalue weighted by molar-refractivity contribution is 0.102. The van der Waals surface area contributed by atoms with Crippen LogP contribution < -0.4 is 5.32 Å². The molecule has 0 unspecified atom stereocenters. The molecule has 6 nitrogen and oxygen atoms in total. The molecule has 0 bridgehead atoms. The van der Waals surface area contributed by atoms with Crippen LogP contribution >= 0.6 is 0 Å². The van der Waals surface area contributed by atoms with E-state index < -0.39 is 0 Å². The lowest BCUT2D eigenvalue weighted by Crippen LogP contribution is -2.25. The Morgan fingerprint density at radius 2 is 2.14 bits per heavy atom. The molecular formula is C15H21N5O. The molecule has 0 aliphatic heterocycles. The largest absolute Gasteiger partial charge is 0.318 e. The Kier molecular flexibility index (Phi) is 3.11. The summed E-state index contributed by atoms with van der Waals surface area (Å²) in [5.41, 5.74) is 3.03. The van der Waals surface area contributed by atoms with Crippen LogP contribution in [0.15, 0.2) is 12.3 Å². The molecule has 2 heterocycles. The molecule has 112 valence electrons. The molecule has 1 aliphatic carbocycles. The summed E-state index contributed by atoms with van der Waals surface area (Å²) in [6.07, 6.45) is 3.98. The van der Waals surface area contributed by atoms with Crippen molar-refractivity contribution in [3.63, 3.8) is 0 Å². The maximum absolute atomic E-state index is 12.4. The van der Waals surface area contributed by atoms with Crippen LogP contribution in [-0.2, 0) is 5.54 Å². The third kappa shape index (κ3) is 2.70. The summed E-state index contributed by atoms with van der Waals surface area (Å²) < 4.78 is 1.99. The summed E-state index contributed by atoms with van der Waals surface area (Å²) in [4.78, 5) is 12.4. The van der Waals surface area contributed by atoms with E-state index in [2.05, 4.69) is 41.4 Å². The number of aromatic amines is 1. The Bertz CT molecular complexity index is 673. The van der Waals surface area contributed by atoms with E-state index in [1.54, 1.807) is 6.20 Å². The fourth-order valence-corrected chi connectivity index (χ4v) is 2.38. The van der Waals surface area contributed by atoms with Gasteiger partial charge in [-0.15, -0.1) is 0 Å². The number of aryl methyl sites for hydroxylation is 1. The quantitative estimate of drug-likeness (QED) is 0.911. The second-order valence-electron chi connectivity index (χ2n) is 6.67. The van der Waals surface area contributed by atoms with Crippen LogP contribution in [0.4, 0.5) is 5.69 Å². The molecule has 1 aliphatic rings. The van der Waals surface area contributed by atoms with E-state index in [1.807, 2.05) is 17.7 Å². The number of hydrogen-bond acceptors (Lipinski definition) is 3. The van der Waals surface area contributed by atoms with E-state index >= 15 is 0 Å². The Hall–Kier alpha value is -2.11. The molecule has 0 saturated heterocycles. The molecule has 6 heteroatoms. The fourth-order valence-electron chi connectivity index (χ4n) is 2.38. The second kappa shape index (κ2) is 4.72. The second-order valence-corrected chi connectivity index (χ2v) is 6.67. The maximum atomic E-state index is 12.4. The Morgan fingerprint density at radius 3 is 2.67 bits per heavy atom. The smallest absolute Gasteiger partial charge is 0.276 e. The third-order valence-corrected chi connectivity index (χ3v) is 3.68. The summed E-state index contributed by atoms with van der Waals surface area (Å²) in [6.45, 7) is 8.18. The van der Waals surface area contributed by atoms with Gasteiger partial charge in [0.1, 0.15) is 0 Å². The van der Waals surface area contributed by atoms with Crippen LogP contribution in [0.1, 0.15) is 61.4 Å². The lowest BCUT2D eigenvalue weighted by Gasteiger charge is -2.22. The number of amides is 1. The van der Waals surface area contributed by atoms with Crippen LogP contribution in [0, 0.1) is 6.92 Å². The van der Waals surface area contributed by atoms with E-state index in [4.69, 9.17) is 0 Å². The molecular weight excluding hydrogens is 266 g/mol. The number of carbonyl (C=O) groups excluding carboxylic acids is 1. The average molecular weight is 287 g/mol. The van der Waals surface area contributed by atoms with Gasteiger partial charge in [-0.2, -0.15) is 10.2 Å². The van der Waals surface area contributed by atoms with Gasteiger partial charge in [0.05, 0.1) is 23.1 Å². The number of anilines is 1. The summed E-state index contributed by atoms with van der Waals surface area (Å²) in [6, 6.07) is 1.92. The molecule has 2 aromatic heterocycles. The first-order chi connectivity index (χ1) is 9.86. The van der Waals surface area contributed by atoms with E-state index in [-0.39, 0.29) is 11.4 Å². The van der Waals surface area contributed by atoms with Crippen molar-refractivity contribution in [3.8, 4) is 0 Å². The van der Waals surface area contributed by atoms with Gasteiger partial charge in [-0.25, -0.2) is 0 Å². The highest BCUT2D eigenvalue weighted by atomic mass is 16.2. The maximum Gasteiger partial charge on any atom is 0.276 e. The minimum absolute atomic E-state index is 0.123. The van der Waals surface area contributed by atoms with Crippen LogP contribution in [0.3, 0.4) is 0 Å². The van der Waals surface area contributed by atoms with Gasteiger partial charge in [0.15, 0.2) is 5.69 Å². The number of H-pyrrole nitrogens is 1. The minimum Gasteiger partial charge on any atom is -0.318 e. The Balaban J connectivity index is 1.88. The Morgan fingerprint density at radius 1 is 1.43 bits per heavy atom. The average Bonchev–Trinajstić information content (AvgIpc) is 3.00. The van der Waals surface area contributed by atoms with Gasteiger partial charge in [-0.3, -0.25) is 14.6 Å². The van der Waals surface area contributed by atoms with Crippen molar-refractivity contribution in [2.75, 3.05) is 5.32 Å². The van der Waals surface area contributed by atoms with Crippen LogP contribution in [0.2, 0.25) is 0 Å². The highest BCUT2D eigenvalue weighted by Gasteiger charge is 2.32. The number of nitrogens with one attached hydrogen (secondary N) is 2. The highest BCUT2D eigenvalue weighted by Crippen LogP contribution is 2.41. The van der Waals surface area contributed by atoms with Gasteiger partial charge < -0.3 is 5.32 Å². The molecule has 2 aromatic rings. The van der Waals surface area contributed by atoms with Gasteiger partial charge in [0, 0.05) is 11.6 Å².